The van der Waals surface area contributed by atoms with Gasteiger partial charge in [-0.3, -0.25) is 9.97 Å². The van der Waals surface area contributed by atoms with Gasteiger partial charge in [0, 0.05) is 22.8 Å². The molecular formula is C13H18N4S. The minimum absolute atomic E-state index is 0.351. The van der Waals surface area contributed by atoms with Gasteiger partial charge in [0.25, 0.3) is 0 Å². The molecule has 0 bridgehead atoms. The van der Waals surface area contributed by atoms with Crippen molar-refractivity contribution in [1.82, 2.24) is 15.0 Å². The maximum Gasteiger partial charge on any atom is 0.144 e. The molecule has 0 saturated carbocycles. The molecule has 0 aliphatic heterocycles. The van der Waals surface area contributed by atoms with Gasteiger partial charge in [0.2, 0.25) is 0 Å². The minimum atomic E-state index is -0.377. The third-order valence-electron chi connectivity index (χ3n) is 2.57. The summed E-state index contributed by atoms with van der Waals surface area (Å²) in [7, 11) is 0. The van der Waals surface area contributed by atoms with Crippen molar-refractivity contribution < 1.29 is 0 Å². The molecule has 5 heteroatoms. The van der Waals surface area contributed by atoms with Crippen molar-refractivity contribution in [1.29, 1.82) is 0 Å². The molecule has 0 atom stereocenters. The lowest BCUT2D eigenvalue weighted by atomic mass is 9.98. The summed E-state index contributed by atoms with van der Waals surface area (Å²) in [6, 6.07) is 0. The lowest BCUT2D eigenvalue weighted by molar-refractivity contribution is 0.553. The van der Waals surface area contributed by atoms with E-state index in [1.165, 1.54) is 0 Å². The zero-order valence-corrected chi connectivity index (χ0v) is 12.0. The van der Waals surface area contributed by atoms with Crippen LogP contribution in [0.1, 0.15) is 44.2 Å². The van der Waals surface area contributed by atoms with E-state index in [2.05, 4.69) is 28.8 Å². The van der Waals surface area contributed by atoms with Crippen LogP contribution in [0.5, 0.6) is 0 Å². The van der Waals surface area contributed by atoms with Crippen LogP contribution in [-0.2, 0) is 5.54 Å². The Morgan fingerprint density at radius 2 is 2.00 bits per heavy atom. The first-order valence-corrected chi connectivity index (χ1v) is 6.77. The molecule has 2 N–H and O–H groups in total. The van der Waals surface area contributed by atoms with Crippen LogP contribution in [0.4, 0.5) is 0 Å². The van der Waals surface area contributed by atoms with Crippen molar-refractivity contribution in [3.05, 3.63) is 29.2 Å². The molecule has 18 heavy (non-hydrogen) atoms. The molecule has 0 amide bonds. The molecule has 2 rings (SSSR count). The number of nitrogens with zero attached hydrogens (tertiary/aromatic N) is 3. The van der Waals surface area contributed by atoms with Gasteiger partial charge in [0.15, 0.2) is 0 Å². The average Bonchev–Trinajstić information content (AvgIpc) is 2.74. The van der Waals surface area contributed by atoms with E-state index in [0.717, 1.165) is 21.3 Å². The number of aromatic nitrogens is 3. The molecule has 0 aliphatic rings. The second-order valence-electron chi connectivity index (χ2n) is 5.20. The first-order valence-electron chi connectivity index (χ1n) is 5.96. The maximum absolute atomic E-state index is 6.22. The Balaban J connectivity index is 2.53. The summed E-state index contributed by atoms with van der Waals surface area (Å²) in [6.45, 7) is 8.27. The fourth-order valence-electron chi connectivity index (χ4n) is 1.70. The largest absolute Gasteiger partial charge is 0.321 e. The molecule has 96 valence electrons. The van der Waals surface area contributed by atoms with Crippen LogP contribution in [0.25, 0.3) is 10.7 Å². The van der Waals surface area contributed by atoms with Crippen LogP contribution in [-0.4, -0.2) is 15.0 Å². The number of rotatable bonds is 3. The summed E-state index contributed by atoms with van der Waals surface area (Å²) in [4.78, 5) is 14.2. The van der Waals surface area contributed by atoms with Crippen LogP contribution in [0.2, 0.25) is 0 Å². The smallest absolute Gasteiger partial charge is 0.144 e. The SMILES string of the molecule is CC(C)c1nc(-c2cnccn2)sc1C(C)(C)N. The Bertz CT molecular complexity index is 526. The van der Waals surface area contributed by atoms with E-state index >= 15 is 0 Å². The molecule has 0 spiro atoms. The molecule has 2 aromatic heterocycles. The molecule has 0 unspecified atom stereocenters. The van der Waals surface area contributed by atoms with Crippen molar-refractivity contribution in [2.45, 2.75) is 39.2 Å². The fraction of sp³-hybridized carbons (Fsp3) is 0.462. The van der Waals surface area contributed by atoms with Crippen LogP contribution >= 0.6 is 11.3 Å². The van der Waals surface area contributed by atoms with E-state index in [0.29, 0.717) is 5.92 Å². The van der Waals surface area contributed by atoms with E-state index in [1.54, 1.807) is 29.9 Å². The maximum atomic E-state index is 6.22. The van der Waals surface area contributed by atoms with E-state index in [1.807, 2.05) is 13.8 Å². The molecule has 2 aromatic rings. The van der Waals surface area contributed by atoms with E-state index in [-0.39, 0.29) is 5.54 Å². The van der Waals surface area contributed by atoms with Crippen LogP contribution in [0.3, 0.4) is 0 Å². The third kappa shape index (κ3) is 2.57. The molecule has 0 aromatic carbocycles. The number of hydrogen-bond acceptors (Lipinski definition) is 5. The van der Waals surface area contributed by atoms with Crippen molar-refractivity contribution >= 4 is 11.3 Å². The van der Waals surface area contributed by atoms with Crippen LogP contribution < -0.4 is 5.73 Å². The van der Waals surface area contributed by atoms with E-state index < -0.39 is 0 Å². The zero-order valence-electron chi connectivity index (χ0n) is 11.1. The molecule has 0 radical (unpaired) electrons. The van der Waals surface area contributed by atoms with Gasteiger partial charge in [-0.1, -0.05) is 13.8 Å². The van der Waals surface area contributed by atoms with Gasteiger partial charge < -0.3 is 5.73 Å². The highest BCUT2D eigenvalue weighted by Crippen LogP contribution is 2.35. The summed E-state index contributed by atoms with van der Waals surface area (Å²) < 4.78 is 0. The van der Waals surface area contributed by atoms with Gasteiger partial charge in [-0.25, -0.2) is 4.98 Å². The third-order valence-corrected chi connectivity index (χ3v) is 4.00. The standard InChI is InChI=1S/C13H18N4S/c1-8(2)10-11(13(3,4)14)18-12(17-10)9-7-15-5-6-16-9/h5-8H,14H2,1-4H3. The van der Waals surface area contributed by atoms with Crippen molar-refractivity contribution in [3.63, 3.8) is 0 Å². The molecule has 4 nitrogen and oxygen atoms in total. The van der Waals surface area contributed by atoms with Crippen molar-refractivity contribution in [3.8, 4) is 10.7 Å². The summed E-state index contributed by atoms with van der Waals surface area (Å²) in [5.74, 6) is 0.351. The first kappa shape index (κ1) is 13.1. The van der Waals surface area contributed by atoms with Gasteiger partial charge in [-0.05, 0) is 19.8 Å². The minimum Gasteiger partial charge on any atom is -0.321 e. The lowest BCUT2D eigenvalue weighted by Crippen LogP contribution is -2.28. The molecule has 0 saturated heterocycles. The molecular weight excluding hydrogens is 244 g/mol. The monoisotopic (exact) mass is 262 g/mol. The topological polar surface area (TPSA) is 64.7 Å². The van der Waals surface area contributed by atoms with E-state index in [4.69, 9.17) is 5.73 Å². The summed E-state index contributed by atoms with van der Waals surface area (Å²) >= 11 is 1.61. The fourth-order valence-corrected chi connectivity index (χ4v) is 2.90. The van der Waals surface area contributed by atoms with Crippen LogP contribution in [0, 0.1) is 0 Å². The Kier molecular flexibility index (Phi) is 3.45. The predicted octanol–water partition coefficient (Wildman–Crippen LogP) is 2.92. The van der Waals surface area contributed by atoms with Gasteiger partial charge >= 0.3 is 0 Å². The van der Waals surface area contributed by atoms with Crippen molar-refractivity contribution in [2.24, 2.45) is 5.73 Å². The zero-order chi connectivity index (χ0) is 13.3. The Hall–Kier alpha value is -1.33. The second-order valence-corrected chi connectivity index (χ2v) is 6.20. The molecule has 0 fully saturated rings. The Morgan fingerprint density at radius 1 is 1.28 bits per heavy atom. The van der Waals surface area contributed by atoms with Gasteiger partial charge in [0.1, 0.15) is 10.7 Å². The highest BCUT2D eigenvalue weighted by Gasteiger charge is 2.25. The average molecular weight is 262 g/mol. The van der Waals surface area contributed by atoms with E-state index in [9.17, 15) is 0 Å². The van der Waals surface area contributed by atoms with Crippen LogP contribution in [0.15, 0.2) is 18.6 Å². The highest BCUT2D eigenvalue weighted by atomic mass is 32.1. The van der Waals surface area contributed by atoms with Gasteiger partial charge in [-0.15, -0.1) is 11.3 Å². The second kappa shape index (κ2) is 4.74. The Labute approximate surface area is 111 Å². The number of nitrogens with two attached hydrogens (primary N) is 1. The highest BCUT2D eigenvalue weighted by molar-refractivity contribution is 7.15. The summed E-state index contributed by atoms with van der Waals surface area (Å²) in [5.41, 5.74) is 7.71. The lowest BCUT2D eigenvalue weighted by Gasteiger charge is -2.19. The number of hydrogen-bond donors (Lipinski definition) is 1. The number of thiazole rings is 1. The summed E-state index contributed by atoms with van der Waals surface area (Å²) in [6.07, 6.45) is 5.07. The first-order chi connectivity index (χ1) is 8.39. The summed E-state index contributed by atoms with van der Waals surface area (Å²) in [5, 5.41) is 0.889. The normalized spacial score (nSPS) is 12.1. The van der Waals surface area contributed by atoms with Gasteiger partial charge in [-0.2, -0.15) is 0 Å². The quantitative estimate of drug-likeness (QED) is 0.923. The van der Waals surface area contributed by atoms with Crippen molar-refractivity contribution in [2.75, 3.05) is 0 Å². The van der Waals surface area contributed by atoms with Gasteiger partial charge in [0.05, 0.1) is 11.9 Å². The molecule has 2 heterocycles. The predicted molar refractivity (Wildman–Crippen MR) is 74.4 cm³/mol. The Morgan fingerprint density at radius 3 is 2.44 bits per heavy atom. The molecule has 0 aliphatic carbocycles.